The van der Waals surface area contributed by atoms with Gasteiger partial charge in [-0.3, -0.25) is 19.4 Å². The number of benzene rings is 2. The third-order valence-corrected chi connectivity index (χ3v) is 8.63. The second-order valence-electron chi connectivity index (χ2n) is 10.4. The van der Waals surface area contributed by atoms with Crippen LogP contribution in [-0.4, -0.2) is 58.4 Å². The molecule has 1 aliphatic heterocycles. The minimum absolute atomic E-state index is 0.186. The van der Waals surface area contributed by atoms with Crippen LogP contribution in [-0.2, 0) is 4.79 Å². The summed E-state index contributed by atoms with van der Waals surface area (Å²) >= 11 is 7.69. The molecule has 0 unspecified atom stereocenters. The number of ether oxygens (including phenoxy) is 1. The number of halogens is 1. The maximum atomic E-state index is 13.4. The van der Waals surface area contributed by atoms with E-state index >= 15 is 0 Å². The molecule has 3 aromatic rings. The van der Waals surface area contributed by atoms with Crippen molar-refractivity contribution in [2.75, 3.05) is 31.3 Å². The van der Waals surface area contributed by atoms with Crippen LogP contribution in [0.15, 0.2) is 36.4 Å². The zero-order valence-electron chi connectivity index (χ0n) is 22.9. The van der Waals surface area contributed by atoms with Crippen molar-refractivity contribution in [1.82, 2.24) is 15.1 Å². The molecule has 10 heteroatoms. The first-order valence-electron chi connectivity index (χ1n) is 13.2. The summed E-state index contributed by atoms with van der Waals surface area (Å²) in [6.07, 6.45) is 2.99. The first kappa shape index (κ1) is 29.0. The topological polar surface area (TPSA) is 95.9 Å². The summed E-state index contributed by atoms with van der Waals surface area (Å²) in [5, 5.41) is 19.9. The largest absolute Gasteiger partial charge is 0.481 e. The number of aromatic nitrogens is 2. The lowest BCUT2D eigenvalue weighted by Crippen LogP contribution is -2.44. The minimum atomic E-state index is -0.730. The molecule has 1 fully saturated rings. The van der Waals surface area contributed by atoms with Crippen molar-refractivity contribution >= 4 is 39.9 Å². The molecule has 208 valence electrons. The number of likely N-dealkylation sites (tertiary alicyclic amines) is 1. The summed E-state index contributed by atoms with van der Waals surface area (Å²) in [4.78, 5) is 28.7. The maximum absolute atomic E-state index is 13.4. The van der Waals surface area contributed by atoms with E-state index in [0.717, 1.165) is 40.3 Å². The summed E-state index contributed by atoms with van der Waals surface area (Å²) in [6.45, 7) is 10.2. The molecule has 1 amide bonds. The summed E-state index contributed by atoms with van der Waals surface area (Å²) in [7, 11) is 0. The van der Waals surface area contributed by atoms with E-state index in [-0.39, 0.29) is 5.91 Å². The zero-order valence-corrected chi connectivity index (χ0v) is 24.4. The quantitative estimate of drug-likeness (QED) is 0.299. The van der Waals surface area contributed by atoms with Crippen molar-refractivity contribution in [3.05, 3.63) is 58.1 Å². The van der Waals surface area contributed by atoms with Gasteiger partial charge >= 0.3 is 5.97 Å². The number of hydrogen-bond donors (Lipinski definition) is 1. The number of aryl methyl sites for hydroxylation is 2. The van der Waals surface area contributed by atoms with E-state index in [0.29, 0.717) is 54.9 Å². The molecule has 39 heavy (non-hydrogen) atoms. The predicted molar refractivity (Wildman–Crippen MR) is 155 cm³/mol. The summed E-state index contributed by atoms with van der Waals surface area (Å²) in [5.74, 6) is -0.102. The number of anilines is 1. The second kappa shape index (κ2) is 12.4. The fraction of sp³-hybridized carbons (Fsp3) is 0.448. The molecular formula is C29H35ClN4O4S. The standard InChI is InChI=1S/C29H35ClN4O4S/c1-5-6-13-34(26(35)22-9-7-8-10-23(22)30)28-32-31-25(39-28)21-16-19(2)24(20(3)17-21)38-18-33-14-11-29(4,12-15-33)27(36)37/h7-10,16-17H,5-6,11-15,18H2,1-4H3,(H,36,37). The van der Waals surface area contributed by atoms with Gasteiger partial charge in [0.25, 0.3) is 5.91 Å². The number of carboxylic acids is 1. The molecule has 0 atom stereocenters. The van der Waals surface area contributed by atoms with Crippen molar-refractivity contribution in [2.45, 2.75) is 53.4 Å². The Morgan fingerprint density at radius 3 is 2.44 bits per heavy atom. The molecule has 8 nitrogen and oxygen atoms in total. The lowest BCUT2D eigenvalue weighted by Gasteiger charge is -2.36. The lowest BCUT2D eigenvalue weighted by molar-refractivity contribution is -0.151. The van der Waals surface area contributed by atoms with Gasteiger partial charge in [-0.15, -0.1) is 10.2 Å². The molecule has 1 aromatic heterocycles. The molecule has 2 heterocycles. The van der Waals surface area contributed by atoms with Crippen molar-refractivity contribution in [3.8, 4) is 16.3 Å². The monoisotopic (exact) mass is 570 g/mol. The highest BCUT2D eigenvalue weighted by Crippen LogP contribution is 2.35. The maximum Gasteiger partial charge on any atom is 0.309 e. The van der Waals surface area contributed by atoms with Gasteiger partial charge in [0.2, 0.25) is 5.13 Å². The first-order chi connectivity index (χ1) is 18.6. The van der Waals surface area contributed by atoms with Crippen LogP contribution in [0.3, 0.4) is 0 Å². The van der Waals surface area contributed by atoms with E-state index in [9.17, 15) is 14.7 Å². The molecule has 1 N–H and O–H groups in total. The van der Waals surface area contributed by atoms with Crippen LogP contribution in [0.1, 0.15) is 61.0 Å². The van der Waals surface area contributed by atoms with Crippen molar-refractivity contribution in [1.29, 1.82) is 0 Å². The lowest BCUT2D eigenvalue weighted by atomic mass is 9.81. The molecule has 0 bridgehead atoms. The van der Waals surface area contributed by atoms with Crippen LogP contribution < -0.4 is 9.64 Å². The molecule has 4 rings (SSSR count). The van der Waals surface area contributed by atoms with Gasteiger partial charge < -0.3 is 9.84 Å². The van der Waals surface area contributed by atoms with Crippen molar-refractivity contribution in [2.24, 2.45) is 5.41 Å². The number of piperidine rings is 1. The normalized spacial score (nSPS) is 15.2. The Bertz CT molecular complexity index is 1310. The van der Waals surface area contributed by atoms with E-state index < -0.39 is 11.4 Å². The Morgan fingerprint density at radius 1 is 1.15 bits per heavy atom. The van der Waals surface area contributed by atoms with E-state index in [1.807, 2.05) is 32.9 Å². The number of nitrogens with zero attached hydrogens (tertiary/aromatic N) is 4. The molecule has 0 aliphatic carbocycles. The Balaban J connectivity index is 1.48. The van der Waals surface area contributed by atoms with Gasteiger partial charge in [-0.2, -0.15) is 0 Å². The Hall–Kier alpha value is -3.01. The molecule has 0 radical (unpaired) electrons. The van der Waals surface area contributed by atoms with Gasteiger partial charge in [0, 0.05) is 25.2 Å². The van der Waals surface area contributed by atoms with E-state index in [1.54, 1.807) is 29.2 Å². The number of unbranched alkanes of at least 4 members (excludes halogenated alkanes) is 1. The van der Waals surface area contributed by atoms with Crippen LogP contribution in [0.25, 0.3) is 10.6 Å². The van der Waals surface area contributed by atoms with Crippen LogP contribution in [0, 0.1) is 19.3 Å². The second-order valence-corrected chi connectivity index (χ2v) is 11.7. The zero-order chi connectivity index (χ0) is 28.2. The number of rotatable bonds is 10. The summed E-state index contributed by atoms with van der Waals surface area (Å²) in [5.41, 5.74) is 2.65. The van der Waals surface area contributed by atoms with Gasteiger partial charge in [0.1, 0.15) is 17.5 Å². The number of carbonyl (C=O) groups is 2. The molecule has 0 saturated carbocycles. The average molecular weight is 571 g/mol. The highest BCUT2D eigenvalue weighted by atomic mass is 35.5. The van der Waals surface area contributed by atoms with Crippen LogP contribution >= 0.6 is 22.9 Å². The van der Waals surface area contributed by atoms with Gasteiger partial charge in [0.15, 0.2) is 0 Å². The number of carbonyl (C=O) groups excluding carboxylic acids is 1. The minimum Gasteiger partial charge on any atom is -0.481 e. The third-order valence-electron chi connectivity index (χ3n) is 7.30. The highest BCUT2D eigenvalue weighted by molar-refractivity contribution is 7.18. The van der Waals surface area contributed by atoms with Crippen LogP contribution in [0.5, 0.6) is 5.75 Å². The Labute approximate surface area is 238 Å². The summed E-state index contributed by atoms with van der Waals surface area (Å²) in [6, 6.07) is 11.1. The SMILES string of the molecule is CCCCN(C(=O)c1ccccc1Cl)c1nnc(-c2cc(C)c(OCN3CCC(C)(C(=O)O)CC3)c(C)c2)s1. The molecular weight excluding hydrogens is 536 g/mol. The fourth-order valence-corrected chi connectivity index (χ4v) is 5.74. The van der Waals surface area contributed by atoms with E-state index in [2.05, 4.69) is 22.0 Å². The first-order valence-corrected chi connectivity index (χ1v) is 14.4. The number of carboxylic acid groups (broad SMARTS) is 1. The van der Waals surface area contributed by atoms with Gasteiger partial charge in [-0.25, -0.2) is 0 Å². The van der Waals surface area contributed by atoms with Crippen molar-refractivity contribution in [3.63, 3.8) is 0 Å². The smallest absolute Gasteiger partial charge is 0.309 e. The predicted octanol–water partition coefficient (Wildman–Crippen LogP) is 6.45. The van der Waals surface area contributed by atoms with Crippen LogP contribution in [0.2, 0.25) is 5.02 Å². The number of aliphatic carboxylic acids is 1. The van der Waals surface area contributed by atoms with Gasteiger partial charge in [-0.1, -0.05) is 48.4 Å². The molecule has 0 spiro atoms. The Morgan fingerprint density at radius 2 is 1.82 bits per heavy atom. The number of hydrogen-bond acceptors (Lipinski definition) is 7. The highest BCUT2D eigenvalue weighted by Gasteiger charge is 2.37. The van der Waals surface area contributed by atoms with E-state index in [4.69, 9.17) is 16.3 Å². The molecule has 1 saturated heterocycles. The number of amides is 1. The third kappa shape index (κ3) is 6.59. The average Bonchev–Trinajstić information content (AvgIpc) is 3.39. The summed E-state index contributed by atoms with van der Waals surface area (Å²) < 4.78 is 6.19. The fourth-order valence-electron chi connectivity index (χ4n) is 4.67. The van der Waals surface area contributed by atoms with Crippen molar-refractivity contribution < 1.29 is 19.4 Å². The molecule has 1 aliphatic rings. The van der Waals surface area contributed by atoms with Crippen LogP contribution in [0.4, 0.5) is 5.13 Å². The van der Waals surface area contributed by atoms with Gasteiger partial charge in [-0.05, 0) is 75.4 Å². The Kier molecular flexibility index (Phi) is 9.25. The van der Waals surface area contributed by atoms with E-state index in [1.165, 1.54) is 11.3 Å². The molecule has 2 aromatic carbocycles. The van der Waals surface area contributed by atoms with Gasteiger partial charge in [0.05, 0.1) is 16.0 Å².